The summed E-state index contributed by atoms with van der Waals surface area (Å²) in [5, 5.41) is 21.2. The van der Waals surface area contributed by atoms with E-state index in [2.05, 4.69) is 6.92 Å². The third-order valence-corrected chi connectivity index (χ3v) is 9.19. The molecule has 0 radical (unpaired) electrons. The maximum absolute atomic E-state index is 13.0. The minimum Gasteiger partial charge on any atom is -0.450 e. The second kappa shape index (κ2) is 7.27. The minimum absolute atomic E-state index is 0.0329. The van der Waals surface area contributed by atoms with Crippen molar-refractivity contribution in [1.82, 2.24) is 0 Å². The van der Waals surface area contributed by atoms with Gasteiger partial charge in [-0.2, -0.15) is 0 Å². The Balaban J connectivity index is 1.75. The van der Waals surface area contributed by atoms with Gasteiger partial charge in [-0.25, -0.2) is 0 Å². The molecule has 0 spiro atoms. The number of allylic oxidation sites excluding steroid dienone is 1. The molecule has 2 N–H and O–H groups in total. The number of carbonyl (C=O) groups excluding carboxylic acids is 3. The molecule has 0 aromatic heterocycles. The standard InChI is InChI=1S/C24H34O6/c1-4-20(29)30-24(19(28)13-25)10-8-17-16-6-5-14-11-15(26)7-9-22(14,2)21(16)18(27)12-23(17,24)3/h11,16-18,21,25,27H,4-10,12-13H2,1-3H3/t16-,17+,18-,21-,22-,23-,24?/m0/s1. The zero-order chi connectivity index (χ0) is 21.9. The lowest BCUT2D eigenvalue weighted by molar-refractivity contribution is -0.202. The quantitative estimate of drug-likeness (QED) is 0.681. The summed E-state index contributed by atoms with van der Waals surface area (Å²) in [6.07, 6.45) is 5.77. The molecular formula is C24H34O6. The predicted molar refractivity (Wildman–Crippen MR) is 109 cm³/mol. The first-order valence-corrected chi connectivity index (χ1v) is 11.4. The highest BCUT2D eigenvalue weighted by Gasteiger charge is 2.70. The number of rotatable bonds is 4. The molecule has 7 atom stereocenters. The van der Waals surface area contributed by atoms with E-state index in [0.717, 1.165) is 31.3 Å². The molecule has 6 nitrogen and oxygen atoms in total. The molecule has 4 rings (SSSR count). The van der Waals surface area contributed by atoms with Gasteiger partial charge >= 0.3 is 5.97 Å². The Morgan fingerprint density at radius 3 is 2.60 bits per heavy atom. The van der Waals surface area contributed by atoms with E-state index >= 15 is 0 Å². The van der Waals surface area contributed by atoms with Gasteiger partial charge in [0.2, 0.25) is 5.78 Å². The fraction of sp³-hybridized carbons (Fsp3) is 0.792. The number of fused-ring (bicyclic) bond motifs is 5. The summed E-state index contributed by atoms with van der Waals surface area (Å²) in [5.74, 6) is -0.362. The molecule has 0 saturated heterocycles. The van der Waals surface area contributed by atoms with Crippen molar-refractivity contribution in [3.05, 3.63) is 11.6 Å². The lowest BCUT2D eigenvalue weighted by Crippen LogP contribution is -2.63. The third-order valence-electron chi connectivity index (χ3n) is 9.19. The largest absolute Gasteiger partial charge is 0.450 e. The van der Waals surface area contributed by atoms with Crippen LogP contribution in [0, 0.1) is 28.6 Å². The van der Waals surface area contributed by atoms with Crippen molar-refractivity contribution < 1.29 is 29.3 Å². The van der Waals surface area contributed by atoms with Crippen LogP contribution in [0.15, 0.2) is 11.6 Å². The van der Waals surface area contributed by atoms with Crippen molar-refractivity contribution in [2.75, 3.05) is 6.61 Å². The van der Waals surface area contributed by atoms with Gasteiger partial charge in [-0.1, -0.05) is 26.3 Å². The molecular weight excluding hydrogens is 384 g/mol. The SMILES string of the molecule is CCC(=O)OC1(C(=O)CO)CC[C@@H]2[C@@H]3CCC4=CC(=O)CC[C@]4(C)[C@@H]3[C@@H](O)C[C@@]21C. The Kier molecular flexibility index (Phi) is 5.25. The van der Waals surface area contributed by atoms with Crippen molar-refractivity contribution in [3.63, 3.8) is 0 Å². The highest BCUT2D eigenvalue weighted by Crippen LogP contribution is 2.68. The number of Topliss-reactive ketones (excluding diaryl/α,β-unsaturated/α-hetero) is 1. The van der Waals surface area contributed by atoms with Crippen LogP contribution in [0.4, 0.5) is 0 Å². The topological polar surface area (TPSA) is 101 Å². The number of aliphatic hydroxyl groups is 2. The van der Waals surface area contributed by atoms with Crippen molar-refractivity contribution in [1.29, 1.82) is 0 Å². The molecule has 0 heterocycles. The average Bonchev–Trinajstić information content (AvgIpc) is 3.00. The van der Waals surface area contributed by atoms with Crippen LogP contribution in [0.3, 0.4) is 0 Å². The Labute approximate surface area is 178 Å². The summed E-state index contributed by atoms with van der Waals surface area (Å²) in [7, 11) is 0. The summed E-state index contributed by atoms with van der Waals surface area (Å²) >= 11 is 0. The van der Waals surface area contributed by atoms with Gasteiger partial charge in [0.25, 0.3) is 0 Å². The predicted octanol–water partition coefficient (Wildman–Crippen LogP) is 2.74. The van der Waals surface area contributed by atoms with Crippen LogP contribution < -0.4 is 0 Å². The van der Waals surface area contributed by atoms with E-state index in [1.54, 1.807) is 13.0 Å². The van der Waals surface area contributed by atoms with Gasteiger partial charge in [-0.05, 0) is 67.8 Å². The molecule has 0 amide bonds. The third kappa shape index (κ3) is 2.79. The number of carbonyl (C=O) groups is 3. The van der Waals surface area contributed by atoms with E-state index in [4.69, 9.17) is 4.74 Å². The number of aliphatic hydroxyl groups excluding tert-OH is 2. The van der Waals surface area contributed by atoms with Crippen LogP contribution in [-0.2, 0) is 19.1 Å². The van der Waals surface area contributed by atoms with Crippen LogP contribution in [0.1, 0.15) is 72.1 Å². The molecule has 0 aromatic rings. The van der Waals surface area contributed by atoms with E-state index in [0.29, 0.717) is 19.3 Å². The molecule has 0 bridgehead atoms. The molecule has 166 valence electrons. The molecule has 3 fully saturated rings. The number of hydrogen-bond donors (Lipinski definition) is 2. The molecule has 0 aliphatic heterocycles. The minimum atomic E-state index is -1.37. The zero-order valence-electron chi connectivity index (χ0n) is 18.3. The summed E-state index contributed by atoms with van der Waals surface area (Å²) in [4.78, 5) is 37.3. The van der Waals surface area contributed by atoms with Crippen LogP contribution in [0.2, 0.25) is 0 Å². The van der Waals surface area contributed by atoms with E-state index < -0.39 is 35.5 Å². The first-order chi connectivity index (χ1) is 14.1. The number of esters is 1. The molecule has 4 aliphatic rings. The maximum atomic E-state index is 13.0. The van der Waals surface area contributed by atoms with Crippen LogP contribution in [-0.4, -0.2) is 46.1 Å². The Hall–Kier alpha value is -1.53. The number of ketones is 2. The van der Waals surface area contributed by atoms with Gasteiger partial charge in [-0.3, -0.25) is 14.4 Å². The van der Waals surface area contributed by atoms with Gasteiger partial charge in [0.05, 0.1) is 6.10 Å². The van der Waals surface area contributed by atoms with Gasteiger partial charge in [0, 0.05) is 18.3 Å². The summed E-state index contributed by atoms with van der Waals surface area (Å²) in [5.41, 5.74) is -1.12. The first-order valence-electron chi connectivity index (χ1n) is 11.4. The van der Waals surface area contributed by atoms with E-state index in [1.165, 1.54) is 0 Å². The normalized spacial score (nSPS) is 45.1. The monoisotopic (exact) mass is 418 g/mol. The van der Waals surface area contributed by atoms with Gasteiger partial charge < -0.3 is 14.9 Å². The van der Waals surface area contributed by atoms with Gasteiger partial charge in [-0.15, -0.1) is 0 Å². The molecule has 0 aromatic carbocycles. The van der Waals surface area contributed by atoms with Crippen molar-refractivity contribution in [3.8, 4) is 0 Å². The Bertz CT molecular complexity index is 802. The lowest BCUT2D eigenvalue weighted by atomic mass is 9.45. The van der Waals surface area contributed by atoms with Crippen molar-refractivity contribution >= 4 is 17.5 Å². The van der Waals surface area contributed by atoms with E-state index in [-0.39, 0.29) is 35.4 Å². The molecule has 3 saturated carbocycles. The summed E-state index contributed by atoms with van der Waals surface area (Å²) < 4.78 is 5.83. The van der Waals surface area contributed by atoms with Gasteiger partial charge in [0.15, 0.2) is 11.4 Å². The maximum Gasteiger partial charge on any atom is 0.306 e. The van der Waals surface area contributed by atoms with E-state index in [1.807, 2.05) is 6.92 Å². The molecule has 1 unspecified atom stereocenters. The number of ether oxygens (including phenoxy) is 1. The summed E-state index contributed by atoms with van der Waals surface area (Å²) in [6.45, 7) is 5.18. The smallest absolute Gasteiger partial charge is 0.306 e. The fourth-order valence-electron chi connectivity index (χ4n) is 7.75. The van der Waals surface area contributed by atoms with Crippen LogP contribution in [0.25, 0.3) is 0 Å². The number of hydrogen-bond acceptors (Lipinski definition) is 6. The molecule has 6 heteroatoms. The van der Waals surface area contributed by atoms with Crippen molar-refractivity contribution in [2.45, 2.75) is 83.8 Å². The Morgan fingerprint density at radius 1 is 1.20 bits per heavy atom. The average molecular weight is 419 g/mol. The van der Waals surface area contributed by atoms with Crippen molar-refractivity contribution in [2.24, 2.45) is 28.6 Å². The highest BCUT2D eigenvalue weighted by atomic mass is 16.6. The second-order valence-electron chi connectivity index (χ2n) is 10.4. The first kappa shape index (κ1) is 21.7. The highest BCUT2D eigenvalue weighted by molar-refractivity contribution is 5.92. The Morgan fingerprint density at radius 2 is 1.93 bits per heavy atom. The van der Waals surface area contributed by atoms with Crippen LogP contribution in [0.5, 0.6) is 0 Å². The second-order valence-corrected chi connectivity index (χ2v) is 10.4. The lowest BCUT2D eigenvalue weighted by Gasteiger charge is -2.60. The zero-order valence-corrected chi connectivity index (χ0v) is 18.3. The van der Waals surface area contributed by atoms with Gasteiger partial charge in [0.1, 0.15) is 6.61 Å². The molecule has 30 heavy (non-hydrogen) atoms. The molecule has 4 aliphatic carbocycles. The van der Waals surface area contributed by atoms with E-state index in [9.17, 15) is 24.6 Å². The van der Waals surface area contributed by atoms with Crippen LogP contribution >= 0.6 is 0 Å². The fourth-order valence-corrected chi connectivity index (χ4v) is 7.75. The summed E-state index contributed by atoms with van der Waals surface area (Å²) in [6, 6.07) is 0.